The van der Waals surface area contributed by atoms with Crippen LogP contribution in [-0.4, -0.2) is 44.8 Å². The minimum Gasteiger partial charge on any atom is -0.465 e. The summed E-state index contributed by atoms with van der Waals surface area (Å²) in [6.45, 7) is 2.15. The number of thiophene rings is 1. The molecule has 1 saturated heterocycles. The molecular formula is C14H17NO6S. The van der Waals surface area contributed by atoms with Crippen LogP contribution in [0.2, 0.25) is 0 Å². The molecule has 1 amide bonds. The second kappa shape index (κ2) is 6.89. The van der Waals surface area contributed by atoms with E-state index in [1.54, 1.807) is 6.92 Å². The maximum absolute atomic E-state index is 12.1. The van der Waals surface area contributed by atoms with Crippen LogP contribution in [0.15, 0.2) is 0 Å². The molecular weight excluding hydrogens is 310 g/mol. The van der Waals surface area contributed by atoms with Gasteiger partial charge >= 0.3 is 11.9 Å². The SMILES string of the molecule is COC(=O)c1sc(NC(=O)[C@H]2CCCO2)c(C(=O)OC)c1C. The Kier molecular flexibility index (Phi) is 5.15. The molecule has 0 saturated carbocycles. The lowest BCUT2D eigenvalue weighted by molar-refractivity contribution is -0.124. The van der Waals surface area contributed by atoms with Gasteiger partial charge in [-0.15, -0.1) is 11.3 Å². The zero-order valence-corrected chi connectivity index (χ0v) is 13.4. The lowest BCUT2D eigenvalue weighted by Crippen LogP contribution is -2.27. The lowest BCUT2D eigenvalue weighted by atomic mass is 10.1. The second-order valence-corrected chi connectivity index (χ2v) is 5.76. The minimum atomic E-state index is -0.619. The van der Waals surface area contributed by atoms with E-state index in [0.717, 1.165) is 17.8 Å². The van der Waals surface area contributed by atoms with Crippen LogP contribution in [0.4, 0.5) is 5.00 Å². The van der Waals surface area contributed by atoms with Crippen molar-refractivity contribution in [3.05, 3.63) is 16.0 Å². The molecule has 0 bridgehead atoms. The van der Waals surface area contributed by atoms with Crippen molar-refractivity contribution in [1.82, 2.24) is 0 Å². The first-order chi connectivity index (χ1) is 10.5. The minimum absolute atomic E-state index is 0.166. The van der Waals surface area contributed by atoms with Crippen LogP contribution in [0, 0.1) is 6.92 Å². The summed E-state index contributed by atoms with van der Waals surface area (Å²) >= 11 is 0.987. The molecule has 1 atom stereocenters. The molecule has 1 fully saturated rings. The van der Waals surface area contributed by atoms with Crippen LogP contribution in [0.5, 0.6) is 0 Å². The van der Waals surface area contributed by atoms with E-state index in [0.29, 0.717) is 18.6 Å². The number of ether oxygens (including phenoxy) is 3. The predicted molar refractivity (Wildman–Crippen MR) is 79.3 cm³/mol. The Morgan fingerprint density at radius 3 is 2.45 bits per heavy atom. The van der Waals surface area contributed by atoms with Crippen LogP contribution in [-0.2, 0) is 19.0 Å². The van der Waals surface area contributed by atoms with E-state index in [1.165, 1.54) is 14.2 Å². The highest BCUT2D eigenvalue weighted by Gasteiger charge is 2.29. The van der Waals surface area contributed by atoms with Gasteiger partial charge < -0.3 is 19.5 Å². The number of esters is 2. The highest BCUT2D eigenvalue weighted by atomic mass is 32.1. The molecule has 22 heavy (non-hydrogen) atoms. The van der Waals surface area contributed by atoms with E-state index < -0.39 is 18.0 Å². The van der Waals surface area contributed by atoms with Gasteiger partial charge in [0, 0.05) is 6.61 Å². The van der Waals surface area contributed by atoms with E-state index in [9.17, 15) is 14.4 Å². The number of carbonyl (C=O) groups is 3. The zero-order chi connectivity index (χ0) is 16.3. The van der Waals surface area contributed by atoms with E-state index in [1.807, 2.05) is 0 Å². The van der Waals surface area contributed by atoms with Gasteiger partial charge in [0.2, 0.25) is 0 Å². The number of rotatable bonds is 4. The quantitative estimate of drug-likeness (QED) is 0.847. The average molecular weight is 327 g/mol. The summed E-state index contributed by atoms with van der Waals surface area (Å²) < 4.78 is 14.7. The fraction of sp³-hybridized carbons (Fsp3) is 0.500. The molecule has 0 spiro atoms. The summed E-state index contributed by atoms with van der Waals surface area (Å²) in [5.41, 5.74) is 0.589. The highest BCUT2D eigenvalue weighted by Crippen LogP contribution is 2.34. The molecule has 1 aliphatic rings. The third-order valence-corrected chi connectivity index (χ3v) is 4.55. The van der Waals surface area contributed by atoms with Gasteiger partial charge in [-0.25, -0.2) is 9.59 Å². The van der Waals surface area contributed by atoms with Gasteiger partial charge in [0.05, 0.1) is 19.8 Å². The Morgan fingerprint density at radius 1 is 1.23 bits per heavy atom. The maximum atomic E-state index is 12.1. The number of hydrogen-bond donors (Lipinski definition) is 1. The van der Waals surface area contributed by atoms with Gasteiger partial charge in [-0.2, -0.15) is 0 Å². The van der Waals surface area contributed by atoms with Crippen LogP contribution >= 0.6 is 11.3 Å². The number of hydrogen-bond acceptors (Lipinski definition) is 7. The van der Waals surface area contributed by atoms with Crippen LogP contribution < -0.4 is 5.32 Å². The van der Waals surface area contributed by atoms with Crippen LogP contribution in [0.25, 0.3) is 0 Å². The molecule has 1 aromatic rings. The Balaban J connectivity index is 2.33. The van der Waals surface area contributed by atoms with Crippen molar-refractivity contribution < 1.29 is 28.6 Å². The number of amides is 1. The van der Waals surface area contributed by atoms with E-state index in [2.05, 4.69) is 10.1 Å². The van der Waals surface area contributed by atoms with E-state index >= 15 is 0 Å². The van der Waals surface area contributed by atoms with Crippen molar-refractivity contribution in [3.63, 3.8) is 0 Å². The zero-order valence-electron chi connectivity index (χ0n) is 12.6. The predicted octanol–water partition coefficient (Wildman–Crippen LogP) is 1.75. The summed E-state index contributed by atoms with van der Waals surface area (Å²) in [5.74, 6) is -1.52. The van der Waals surface area contributed by atoms with Crippen LogP contribution in [0.3, 0.4) is 0 Å². The molecule has 2 heterocycles. The normalized spacial score (nSPS) is 17.1. The molecule has 0 aliphatic carbocycles. The first-order valence-corrected chi connectivity index (χ1v) is 7.53. The fourth-order valence-corrected chi connectivity index (χ4v) is 3.33. The molecule has 8 heteroatoms. The summed E-state index contributed by atoms with van der Waals surface area (Å²) in [7, 11) is 2.49. The van der Waals surface area contributed by atoms with Crippen molar-refractivity contribution in [2.75, 3.05) is 26.1 Å². The van der Waals surface area contributed by atoms with Crippen molar-refractivity contribution in [2.45, 2.75) is 25.9 Å². The second-order valence-electron chi connectivity index (χ2n) is 4.73. The molecule has 0 radical (unpaired) electrons. The Morgan fingerprint density at radius 2 is 1.91 bits per heavy atom. The van der Waals surface area contributed by atoms with Gasteiger partial charge in [0.15, 0.2) is 0 Å². The molecule has 1 N–H and O–H groups in total. The molecule has 1 aliphatic heterocycles. The third kappa shape index (κ3) is 3.12. The van der Waals surface area contributed by atoms with Gasteiger partial charge in [-0.05, 0) is 25.3 Å². The number of nitrogens with one attached hydrogen (secondary N) is 1. The topological polar surface area (TPSA) is 90.9 Å². The summed E-state index contributed by atoms with van der Waals surface area (Å²) in [6.07, 6.45) is 0.918. The highest BCUT2D eigenvalue weighted by molar-refractivity contribution is 7.18. The van der Waals surface area contributed by atoms with E-state index in [4.69, 9.17) is 9.47 Å². The standard InChI is InChI=1S/C14H17NO6S/c1-7-9(13(17)19-2)12(22-10(7)14(18)20-3)15-11(16)8-5-4-6-21-8/h8H,4-6H2,1-3H3,(H,15,16)/t8-/m1/s1. The van der Waals surface area contributed by atoms with Crippen molar-refractivity contribution in [2.24, 2.45) is 0 Å². The van der Waals surface area contributed by atoms with Crippen LogP contribution in [0.1, 0.15) is 38.4 Å². The molecule has 120 valence electrons. The van der Waals surface area contributed by atoms with Crippen molar-refractivity contribution in [3.8, 4) is 0 Å². The summed E-state index contributed by atoms with van der Waals surface area (Å²) in [6, 6.07) is 0. The Hall–Kier alpha value is -1.93. The summed E-state index contributed by atoms with van der Waals surface area (Å²) in [5, 5.41) is 2.92. The molecule has 2 rings (SSSR count). The summed E-state index contributed by atoms with van der Waals surface area (Å²) in [4.78, 5) is 36.1. The first kappa shape index (κ1) is 16.4. The maximum Gasteiger partial charge on any atom is 0.348 e. The van der Waals surface area contributed by atoms with Gasteiger partial charge in [0.1, 0.15) is 16.0 Å². The largest absolute Gasteiger partial charge is 0.465 e. The molecule has 1 aromatic heterocycles. The smallest absolute Gasteiger partial charge is 0.348 e. The number of anilines is 1. The van der Waals surface area contributed by atoms with Gasteiger partial charge in [0.25, 0.3) is 5.91 Å². The molecule has 0 unspecified atom stereocenters. The van der Waals surface area contributed by atoms with E-state index in [-0.39, 0.29) is 21.3 Å². The average Bonchev–Trinajstić information content (AvgIpc) is 3.14. The number of methoxy groups -OCH3 is 2. The number of carbonyl (C=O) groups excluding carboxylic acids is 3. The Labute approximate surface area is 131 Å². The Bertz CT molecular complexity index is 603. The monoisotopic (exact) mass is 327 g/mol. The lowest BCUT2D eigenvalue weighted by Gasteiger charge is -2.10. The van der Waals surface area contributed by atoms with Crippen molar-refractivity contribution in [1.29, 1.82) is 0 Å². The fourth-order valence-electron chi connectivity index (χ4n) is 2.21. The third-order valence-electron chi connectivity index (χ3n) is 3.37. The molecule has 0 aromatic carbocycles. The molecule has 7 nitrogen and oxygen atoms in total. The van der Waals surface area contributed by atoms with Gasteiger partial charge in [-0.1, -0.05) is 0 Å². The van der Waals surface area contributed by atoms with Gasteiger partial charge in [-0.3, -0.25) is 4.79 Å². The van der Waals surface area contributed by atoms with Crippen molar-refractivity contribution >= 4 is 34.2 Å². The first-order valence-electron chi connectivity index (χ1n) is 6.72.